The zero-order chi connectivity index (χ0) is 25.1. The monoisotopic (exact) mass is 498 g/mol. The molecule has 0 radical (unpaired) electrons. The van der Waals surface area contributed by atoms with Crippen LogP contribution in [0.15, 0.2) is 48.7 Å². The summed E-state index contributed by atoms with van der Waals surface area (Å²) >= 11 is 5.93. The highest BCUT2D eigenvalue weighted by Crippen LogP contribution is 2.21. The molecule has 35 heavy (non-hydrogen) atoms. The van der Waals surface area contributed by atoms with E-state index in [1.807, 2.05) is 30.5 Å². The zero-order valence-electron chi connectivity index (χ0n) is 19.7. The largest absolute Gasteiger partial charge is 0.361 e. The van der Waals surface area contributed by atoms with Crippen molar-refractivity contribution in [1.29, 1.82) is 0 Å². The van der Waals surface area contributed by atoms with Crippen molar-refractivity contribution in [2.75, 3.05) is 26.2 Å². The van der Waals surface area contributed by atoms with Crippen molar-refractivity contribution in [3.63, 3.8) is 0 Å². The number of aromatic amines is 1. The van der Waals surface area contributed by atoms with Crippen LogP contribution in [0.3, 0.4) is 0 Å². The quantitative estimate of drug-likeness (QED) is 0.544. The van der Waals surface area contributed by atoms with E-state index < -0.39 is 17.8 Å². The lowest BCUT2D eigenvalue weighted by molar-refractivity contribution is -0.138. The Hall–Kier alpha value is -3.39. The molecule has 1 aromatic heterocycles. The number of fused-ring (bicyclic) bond motifs is 1. The molecule has 1 unspecified atom stereocenters. The van der Waals surface area contributed by atoms with E-state index >= 15 is 0 Å². The number of nitrogens with one attached hydrogen (secondary N) is 2. The van der Waals surface area contributed by atoms with Crippen LogP contribution in [0, 0.1) is 11.7 Å². The number of nitrogens with zero attached hydrogens (tertiary/aromatic N) is 2. The smallest absolute Gasteiger partial charge is 0.257 e. The van der Waals surface area contributed by atoms with Crippen LogP contribution in [0.25, 0.3) is 10.9 Å². The number of para-hydroxylation sites is 1. The maximum Gasteiger partial charge on any atom is 0.257 e. The predicted molar refractivity (Wildman–Crippen MR) is 133 cm³/mol. The number of carbonyl (C=O) groups is 3. The number of H-pyrrole nitrogens is 1. The number of amides is 3. The number of halogens is 2. The van der Waals surface area contributed by atoms with Crippen molar-refractivity contribution >= 4 is 40.2 Å². The third-order valence-corrected chi connectivity index (χ3v) is 6.51. The van der Waals surface area contributed by atoms with Crippen LogP contribution < -0.4 is 5.32 Å². The molecular formula is C26H28ClFN4O3. The molecule has 0 aliphatic carbocycles. The molecule has 2 N–H and O–H groups in total. The van der Waals surface area contributed by atoms with Crippen LogP contribution in [0.2, 0.25) is 5.02 Å². The van der Waals surface area contributed by atoms with Gasteiger partial charge in [-0.25, -0.2) is 4.39 Å². The van der Waals surface area contributed by atoms with Gasteiger partial charge in [-0.3, -0.25) is 14.4 Å². The highest BCUT2D eigenvalue weighted by Gasteiger charge is 2.32. The molecule has 1 atom stereocenters. The van der Waals surface area contributed by atoms with Crippen molar-refractivity contribution in [2.45, 2.75) is 26.3 Å². The first kappa shape index (κ1) is 24.7. The van der Waals surface area contributed by atoms with Gasteiger partial charge in [-0.2, -0.15) is 0 Å². The lowest BCUT2D eigenvalue weighted by Gasteiger charge is -2.36. The highest BCUT2D eigenvalue weighted by atomic mass is 35.5. The van der Waals surface area contributed by atoms with Crippen LogP contribution in [-0.2, 0) is 16.0 Å². The molecule has 7 nitrogen and oxygen atoms in total. The molecule has 4 rings (SSSR count). The van der Waals surface area contributed by atoms with E-state index in [4.69, 9.17) is 11.6 Å². The van der Waals surface area contributed by atoms with Crippen LogP contribution in [0.5, 0.6) is 0 Å². The maximum atomic E-state index is 14.2. The zero-order valence-corrected chi connectivity index (χ0v) is 20.4. The fourth-order valence-electron chi connectivity index (χ4n) is 4.24. The molecule has 2 aromatic carbocycles. The fraction of sp³-hybridized carbons (Fsp3) is 0.346. The minimum Gasteiger partial charge on any atom is -0.361 e. The Bertz CT molecular complexity index is 1250. The number of rotatable bonds is 6. The van der Waals surface area contributed by atoms with E-state index in [-0.39, 0.29) is 54.5 Å². The van der Waals surface area contributed by atoms with Gasteiger partial charge in [0.1, 0.15) is 11.9 Å². The third kappa shape index (κ3) is 5.48. The Morgan fingerprint density at radius 1 is 1.06 bits per heavy atom. The molecule has 9 heteroatoms. The Morgan fingerprint density at radius 3 is 2.46 bits per heavy atom. The Labute approximate surface area is 208 Å². The first-order valence-electron chi connectivity index (χ1n) is 11.6. The van der Waals surface area contributed by atoms with Gasteiger partial charge in [0.15, 0.2) is 0 Å². The Kier molecular flexibility index (Phi) is 7.40. The first-order chi connectivity index (χ1) is 16.7. The summed E-state index contributed by atoms with van der Waals surface area (Å²) in [4.78, 5) is 45.2. The van der Waals surface area contributed by atoms with Crippen LogP contribution in [-0.4, -0.2) is 64.7 Å². The number of hydrogen-bond acceptors (Lipinski definition) is 3. The van der Waals surface area contributed by atoms with E-state index in [1.165, 1.54) is 23.1 Å². The standard InChI is InChI=1S/C26H28ClFN4O3/c1-16(2)24(33)30-23(13-17-15-29-22-6-4-3-5-19(17)22)26(35)32-11-9-31(10-12-32)25(34)20-14-18(27)7-8-21(20)28/h3-8,14-16,23,29H,9-13H2,1-2H3,(H,30,33). The van der Waals surface area contributed by atoms with Gasteiger partial charge in [-0.1, -0.05) is 43.6 Å². The summed E-state index contributed by atoms with van der Waals surface area (Å²) < 4.78 is 14.2. The number of aromatic nitrogens is 1. The summed E-state index contributed by atoms with van der Waals surface area (Å²) in [5.74, 6) is -1.76. The van der Waals surface area contributed by atoms with Gasteiger partial charge >= 0.3 is 0 Å². The summed E-state index contributed by atoms with van der Waals surface area (Å²) in [5.41, 5.74) is 1.82. The number of benzene rings is 2. The normalized spacial score (nSPS) is 14.9. The van der Waals surface area contributed by atoms with Crippen LogP contribution in [0.4, 0.5) is 4.39 Å². The van der Waals surface area contributed by atoms with Gasteiger partial charge < -0.3 is 20.1 Å². The molecule has 3 amide bonds. The van der Waals surface area contributed by atoms with Crippen molar-refractivity contribution in [2.24, 2.45) is 5.92 Å². The number of carbonyl (C=O) groups excluding carboxylic acids is 3. The molecule has 1 aliphatic heterocycles. The van der Waals surface area contributed by atoms with Crippen LogP contribution >= 0.6 is 11.6 Å². The summed E-state index contributed by atoms with van der Waals surface area (Å²) in [6.07, 6.45) is 2.21. The minimum atomic E-state index is -0.739. The van der Waals surface area contributed by atoms with Crippen molar-refractivity contribution in [1.82, 2.24) is 20.1 Å². The van der Waals surface area contributed by atoms with Crippen molar-refractivity contribution in [3.05, 3.63) is 70.6 Å². The van der Waals surface area contributed by atoms with E-state index in [0.717, 1.165) is 16.5 Å². The molecule has 0 spiro atoms. The lowest BCUT2D eigenvalue weighted by Crippen LogP contribution is -2.56. The molecule has 0 saturated carbocycles. The van der Waals surface area contributed by atoms with Gasteiger partial charge in [0.05, 0.1) is 5.56 Å². The second kappa shape index (κ2) is 10.5. The topological polar surface area (TPSA) is 85.5 Å². The van der Waals surface area contributed by atoms with E-state index in [0.29, 0.717) is 6.42 Å². The molecule has 2 heterocycles. The van der Waals surface area contributed by atoms with E-state index in [1.54, 1.807) is 18.7 Å². The number of piperazine rings is 1. The van der Waals surface area contributed by atoms with E-state index in [9.17, 15) is 18.8 Å². The SMILES string of the molecule is CC(C)C(=O)NC(Cc1c[nH]c2ccccc12)C(=O)N1CCN(C(=O)c2cc(Cl)ccc2F)CC1. The van der Waals surface area contributed by atoms with Crippen LogP contribution in [0.1, 0.15) is 29.8 Å². The Morgan fingerprint density at radius 2 is 1.74 bits per heavy atom. The van der Waals surface area contributed by atoms with Gasteiger partial charge in [-0.15, -0.1) is 0 Å². The average molecular weight is 499 g/mol. The van der Waals surface area contributed by atoms with E-state index in [2.05, 4.69) is 10.3 Å². The molecule has 1 fully saturated rings. The summed E-state index contributed by atoms with van der Waals surface area (Å²) in [5, 5.41) is 4.19. The summed E-state index contributed by atoms with van der Waals surface area (Å²) in [6.45, 7) is 4.65. The Balaban J connectivity index is 1.47. The molecule has 1 saturated heterocycles. The summed E-state index contributed by atoms with van der Waals surface area (Å²) in [7, 11) is 0. The maximum absolute atomic E-state index is 14.2. The van der Waals surface area contributed by atoms with Gasteiger partial charge in [0, 0.05) is 60.6 Å². The first-order valence-corrected chi connectivity index (χ1v) is 12.0. The van der Waals surface area contributed by atoms with Gasteiger partial charge in [-0.05, 0) is 29.8 Å². The lowest BCUT2D eigenvalue weighted by atomic mass is 10.0. The number of hydrogen-bond donors (Lipinski definition) is 2. The van der Waals surface area contributed by atoms with Gasteiger partial charge in [0.2, 0.25) is 11.8 Å². The average Bonchev–Trinajstić information content (AvgIpc) is 3.27. The minimum absolute atomic E-state index is 0.0846. The second-order valence-corrected chi connectivity index (χ2v) is 9.46. The molecule has 184 valence electrons. The second-order valence-electron chi connectivity index (χ2n) is 9.02. The van der Waals surface area contributed by atoms with Gasteiger partial charge in [0.25, 0.3) is 5.91 Å². The fourth-order valence-corrected chi connectivity index (χ4v) is 4.41. The molecule has 0 bridgehead atoms. The summed E-state index contributed by atoms with van der Waals surface area (Å²) in [6, 6.07) is 10.9. The molecule has 1 aliphatic rings. The predicted octanol–water partition coefficient (Wildman–Crippen LogP) is 3.63. The van der Waals surface area contributed by atoms with Crippen molar-refractivity contribution < 1.29 is 18.8 Å². The van der Waals surface area contributed by atoms with Crippen molar-refractivity contribution in [3.8, 4) is 0 Å². The highest BCUT2D eigenvalue weighted by molar-refractivity contribution is 6.31. The molecular weight excluding hydrogens is 471 g/mol. The third-order valence-electron chi connectivity index (χ3n) is 6.28. The molecule has 3 aromatic rings.